The second-order valence-electron chi connectivity index (χ2n) is 4.06. The number of oxime groups is 1. The fraction of sp³-hybridized carbons (Fsp3) is 0.818. The zero-order valence-corrected chi connectivity index (χ0v) is 10.4. The van der Waals surface area contributed by atoms with E-state index in [0.29, 0.717) is 19.7 Å². The van der Waals surface area contributed by atoms with Crippen LogP contribution in [-0.2, 0) is 14.4 Å². The molecule has 0 bridgehead atoms. The summed E-state index contributed by atoms with van der Waals surface area (Å²) >= 11 is 0. The maximum Gasteiger partial charge on any atom is 0.317 e. The van der Waals surface area contributed by atoms with E-state index in [0.717, 1.165) is 18.6 Å². The predicted octanol–water partition coefficient (Wildman–Crippen LogP) is 0.574. The molecule has 17 heavy (non-hydrogen) atoms. The minimum atomic E-state index is -0.837. The molecule has 1 aliphatic heterocycles. The van der Waals surface area contributed by atoms with Crippen molar-refractivity contribution in [2.75, 3.05) is 33.4 Å². The molecule has 1 N–H and O–H groups in total. The third-order valence-electron chi connectivity index (χ3n) is 2.63. The van der Waals surface area contributed by atoms with Crippen LogP contribution in [0.25, 0.3) is 0 Å². The fourth-order valence-corrected chi connectivity index (χ4v) is 1.73. The maximum absolute atomic E-state index is 10.7. The van der Waals surface area contributed by atoms with Crippen LogP contribution in [0.1, 0.15) is 19.8 Å². The molecule has 0 amide bonds. The molecular formula is C11H20N2O4. The average Bonchev–Trinajstić information content (AvgIpc) is 2.73. The van der Waals surface area contributed by atoms with Gasteiger partial charge in [0.05, 0.1) is 18.9 Å². The van der Waals surface area contributed by atoms with E-state index in [2.05, 4.69) is 5.16 Å². The van der Waals surface area contributed by atoms with Crippen LogP contribution < -0.4 is 0 Å². The quantitative estimate of drug-likeness (QED) is 0.676. The molecule has 0 aliphatic carbocycles. The van der Waals surface area contributed by atoms with Gasteiger partial charge in [-0.2, -0.15) is 0 Å². The first-order valence-corrected chi connectivity index (χ1v) is 5.80. The Labute approximate surface area is 101 Å². The predicted molar refractivity (Wildman–Crippen MR) is 63.2 cm³/mol. The molecule has 0 saturated carbocycles. The van der Waals surface area contributed by atoms with Crippen LogP contribution in [0.5, 0.6) is 0 Å². The second kappa shape index (κ2) is 7.24. The Hall–Kier alpha value is -1.14. The van der Waals surface area contributed by atoms with Crippen molar-refractivity contribution in [3.05, 3.63) is 0 Å². The molecule has 0 aromatic rings. The van der Waals surface area contributed by atoms with Crippen LogP contribution in [0.4, 0.5) is 0 Å². The number of carboxylic acid groups (broad SMARTS) is 1. The van der Waals surface area contributed by atoms with E-state index in [1.54, 1.807) is 7.11 Å². The lowest BCUT2D eigenvalue weighted by Gasteiger charge is -2.22. The molecule has 0 aromatic carbocycles. The third-order valence-corrected chi connectivity index (χ3v) is 2.63. The molecule has 6 heteroatoms. The second-order valence-corrected chi connectivity index (χ2v) is 4.06. The van der Waals surface area contributed by atoms with E-state index < -0.39 is 5.97 Å². The van der Waals surface area contributed by atoms with Crippen LogP contribution >= 0.6 is 0 Å². The highest BCUT2D eigenvalue weighted by Gasteiger charge is 2.23. The molecule has 0 unspecified atom stereocenters. The Morgan fingerprint density at radius 1 is 1.71 bits per heavy atom. The van der Waals surface area contributed by atoms with Crippen LogP contribution in [0, 0.1) is 0 Å². The molecule has 0 spiro atoms. The van der Waals surface area contributed by atoms with Crippen molar-refractivity contribution in [3.8, 4) is 0 Å². The van der Waals surface area contributed by atoms with Gasteiger partial charge in [-0.05, 0) is 6.42 Å². The average molecular weight is 244 g/mol. The van der Waals surface area contributed by atoms with E-state index in [-0.39, 0.29) is 12.6 Å². The summed E-state index contributed by atoms with van der Waals surface area (Å²) in [7, 11) is 1.60. The van der Waals surface area contributed by atoms with E-state index in [4.69, 9.17) is 14.7 Å². The summed E-state index contributed by atoms with van der Waals surface area (Å²) < 4.78 is 4.96. The van der Waals surface area contributed by atoms with Crippen LogP contribution in [-0.4, -0.2) is 61.1 Å². The SMILES string of the molecule is CCC1=NO[C@H](CN(CCOC)CC(=O)O)C1. The van der Waals surface area contributed by atoms with E-state index in [1.807, 2.05) is 11.8 Å². The molecule has 0 radical (unpaired) electrons. The molecule has 98 valence electrons. The number of aliphatic carboxylic acids is 1. The highest BCUT2D eigenvalue weighted by atomic mass is 16.6. The normalized spacial score (nSPS) is 19.2. The van der Waals surface area contributed by atoms with Crippen LogP contribution in [0.3, 0.4) is 0 Å². The van der Waals surface area contributed by atoms with Crippen LogP contribution in [0.15, 0.2) is 5.16 Å². The molecule has 0 fully saturated rings. The Bertz CT molecular complexity index is 281. The van der Waals surface area contributed by atoms with Gasteiger partial charge in [0.2, 0.25) is 0 Å². The van der Waals surface area contributed by atoms with Crippen molar-refractivity contribution in [1.82, 2.24) is 4.90 Å². The summed E-state index contributed by atoms with van der Waals surface area (Å²) in [6.45, 7) is 3.71. The Kier molecular flexibility index (Phi) is 5.93. The van der Waals surface area contributed by atoms with Crippen molar-refractivity contribution in [1.29, 1.82) is 0 Å². The number of rotatable bonds is 8. The van der Waals surface area contributed by atoms with Crippen molar-refractivity contribution in [2.24, 2.45) is 5.16 Å². The minimum Gasteiger partial charge on any atom is -0.480 e. The number of hydrogen-bond donors (Lipinski definition) is 1. The number of methoxy groups -OCH3 is 1. The summed E-state index contributed by atoms with van der Waals surface area (Å²) in [5.74, 6) is -0.837. The molecule has 1 aliphatic rings. The van der Waals surface area contributed by atoms with Crippen LogP contribution in [0.2, 0.25) is 0 Å². The first kappa shape index (κ1) is 13.9. The number of carbonyl (C=O) groups is 1. The number of carboxylic acids is 1. The van der Waals surface area contributed by atoms with E-state index in [1.165, 1.54) is 0 Å². The van der Waals surface area contributed by atoms with Crippen molar-refractivity contribution >= 4 is 11.7 Å². The summed E-state index contributed by atoms with van der Waals surface area (Å²) in [5.41, 5.74) is 1.04. The standard InChI is InChI=1S/C11H20N2O4/c1-3-9-6-10(17-12-9)7-13(4-5-16-2)8-11(14)15/h10H,3-8H2,1-2H3,(H,14,15)/t10-/m0/s1. The smallest absolute Gasteiger partial charge is 0.317 e. The Balaban J connectivity index is 2.35. The minimum absolute atomic E-state index is 0.00464. The molecule has 0 aromatic heterocycles. The van der Waals surface area contributed by atoms with Gasteiger partial charge in [-0.15, -0.1) is 0 Å². The summed E-state index contributed by atoms with van der Waals surface area (Å²) in [5, 5.41) is 12.8. The van der Waals surface area contributed by atoms with Gasteiger partial charge in [0, 0.05) is 26.6 Å². The molecule has 1 atom stereocenters. The van der Waals surface area contributed by atoms with Gasteiger partial charge in [-0.3, -0.25) is 9.69 Å². The van der Waals surface area contributed by atoms with Crippen molar-refractivity contribution in [3.63, 3.8) is 0 Å². The molecule has 1 rings (SSSR count). The number of ether oxygens (including phenoxy) is 1. The van der Waals surface area contributed by atoms with Gasteiger partial charge in [0.1, 0.15) is 6.10 Å². The van der Waals surface area contributed by atoms with E-state index in [9.17, 15) is 4.79 Å². The lowest BCUT2D eigenvalue weighted by atomic mass is 10.1. The summed E-state index contributed by atoms with van der Waals surface area (Å²) in [6.07, 6.45) is 1.65. The molecule has 0 saturated heterocycles. The zero-order valence-electron chi connectivity index (χ0n) is 10.4. The first-order chi connectivity index (χ1) is 8.15. The molecular weight excluding hydrogens is 224 g/mol. The lowest BCUT2D eigenvalue weighted by molar-refractivity contribution is -0.138. The van der Waals surface area contributed by atoms with Crippen molar-refractivity contribution in [2.45, 2.75) is 25.9 Å². The van der Waals surface area contributed by atoms with Crippen molar-refractivity contribution < 1.29 is 19.5 Å². The molecule has 1 heterocycles. The zero-order chi connectivity index (χ0) is 12.7. The lowest BCUT2D eigenvalue weighted by Crippen LogP contribution is -2.38. The van der Waals surface area contributed by atoms with Gasteiger partial charge in [0.15, 0.2) is 0 Å². The fourth-order valence-electron chi connectivity index (χ4n) is 1.73. The molecule has 6 nitrogen and oxygen atoms in total. The maximum atomic E-state index is 10.7. The number of hydrogen-bond acceptors (Lipinski definition) is 5. The largest absolute Gasteiger partial charge is 0.480 e. The Morgan fingerprint density at radius 3 is 3.00 bits per heavy atom. The van der Waals surface area contributed by atoms with Gasteiger partial charge in [-0.25, -0.2) is 0 Å². The highest BCUT2D eigenvalue weighted by molar-refractivity contribution is 5.85. The Morgan fingerprint density at radius 2 is 2.47 bits per heavy atom. The highest BCUT2D eigenvalue weighted by Crippen LogP contribution is 2.13. The van der Waals surface area contributed by atoms with Gasteiger partial charge in [-0.1, -0.05) is 12.1 Å². The summed E-state index contributed by atoms with van der Waals surface area (Å²) in [4.78, 5) is 17.8. The van der Waals surface area contributed by atoms with Gasteiger partial charge >= 0.3 is 5.97 Å². The van der Waals surface area contributed by atoms with E-state index >= 15 is 0 Å². The summed E-state index contributed by atoms with van der Waals surface area (Å²) in [6, 6.07) is 0. The third kappa shape index (κ3) is 5.14. The first-order valence-electron chi connectivity index (χ1n) is 5.80. The topological polar surface area (TPSA) is 71.4 Å². The monoisotopic (exact) mass is 244 g/mol. The van der Waals surface area contributed by atoms with Gasteiger partial charge < -0.3 is 14.7 Å². The van der Waals surface area contributed by atoms with Gasteiger partial charge in [0.25, 0.3) is 0 Å². The number of nitrogens with zero attached hydrogens (tertiary/aromatic N) is 2.